The van der Waals surface area contributed by atoms with Crippen LogP contribution < -0.4 is 0 Å². The van der Waals surface area contributed by atoms with Crippen molar-refractivity contribution in [2.45, 2.75) is 26.2 Å². The van der Waals surface area contributed by atoms with Gasteiger partial charge in [0.25, 0.3) is 0 Å². The molecule has 18 heavy (non-hydrogen) atoms. The van der Waals surface area contributed by atoms with Crippen LogP contribution in [0.3, 0.4) is 0 Å². The molecule has 0 saturated carbocycles. The minimum absolute atomic E-state index is 0.0247. The fraction of sp³-hybridized carbons (Fsp3) is 0.400. The summed E-state index contributed by atoms with van der Waals surface area (Å²) >= 11 is 0. The number of carbonyl (C=O) groups excluding carboxylic acids is 1. The number of hydrogen-bond donors (Lipinski definition) is 1. The quantitative estimate of drug-likeness (QED) is 0.824. The van der Waals surface area contributed by atoms with Crippen LogP contribution in [0.4, 0.5) is 0 Å². The van der Waals surface area contributed by atoms with E-state index in [1.54, 1.807) is 0 Å². The lowest BCUT2D eigenvalue weighted by molar-refractivity contribution is -0.148. The highest BCUT2D eigenvalue weighted by atomic mass is 16.5. The van der Waals surface area contributed by atoms with Gasteiger partial charge in [0, 0.05) is 16.6 Å². The van der Waals surface area contributed by atoms with Crippen molar-refractivity contribution in [3.63, 3.8) is 0 Å². The van der Waals surface area contributed by atoms with Gasteiger partial charge in [-0.25, -0.2) is 0 Å². The van der Waals surface area contributed by atoms with Crippen LogP contribution in [0.15, 0.2) is 24.3 Å². The van der Waals surface area contributed by atoms with Crippen LogP contribution in [-0.2, 0) is 22.4 Å². The van der Waals surface area contributed by atoms with Gasteiger partial charge in [-0.2, -0.15) is 0 Å². The highest BCUT2D eigenvalue weighted by molar-refractivity contribution is 5.86. The zero-order valence-corrected chi connectivity index (χ0v) is 10.5. The SMILES string of the molecule is CCOC(=O)C1CCc2[nH]c3ccccc3c2C1. The summed E-state index contributed by atoms with van der Waals surface area (Å²) in [6.45, 7) is 2.33. The number of nitrogens with one attached hydrogen (secondary N) is 1. The fourth-order valence-corrected chi connectivity index (χ4v) is 2.83. The molecule has 1 aliphatic carbocycles. The Bertz CT molecular complexity index is 585. The third kappa shape index (κ3) is 1.80. The zero-order chi connectivity index (χ0) is 12.5. The number of aromatic nitrogens is 1. The van der Waals surface area contributed by atoms with Crippen molar-refractivity contribution in [3.8, 4) is 0 Å². The lowest BCUT2D eigenvalue weighted by atomic mass is 9.86. The number of aryl methyl sites for hydroxylation is 1. The van der Waals surface area contributed by atoms with E-state index in [4.69, 9.17) is 4.74 Å². The molecule has 3 nitrogen and oxygen atoms in total. The van der Waals surface area contributed by atoms with Crippen LogP contribution in [-0.4, -0.2) is 17.6 Å². The number of carbonyl (C=O) groups is 1. The monoisotopic (exact) mass is 243 g/mol. The summed E-state index contributed by atoms with van der Waals surface area (Å²) in [5, 5.41) is 1.25. The van der Waals surface area contributed by atoms with E-state index < -0.39 is 0 Å². The van der Waals surface area contributed by atoms with Gasteiger partial charge in [0.15, 0.2) is 0 Å². The van der Waals surface area contributed by atoms with E-state index >= 15 is 0 Å². The number of rotatable bonds is 2. The van der Waals surface area contributed by atoms with Gasteiger partial charge in [-0.15, -0.1) is 0 Å². The number of benzene rings is 1. The predicted octanol–water partition coefficient (Wildman–Crippen LogP) is 2.84. The third-order valence-corrected chi connectivity index (χ3v) is 3.72. The Hall–Kier alpha value is -1.77. The van der Waals surface area contributed by atoms with Crippen LogP contribution in [0.2, 0.25) is 0 Å². The molecular formula is C15H17NO2. The molecule has 1 aromatic carbocycles. The van der Waals surface area contributed by atoms with Gasteiger partial charge in [0.2, 0.25) is 0 Å². The van der Waals surface area contributed by atoms with Gasteiger partial charge in [-0.3, -0.25) is 4.79 Å². The summed E-state index contributed by atoms with van der Waals surface area (Å²) in [6.07, 6.45) is 2.63. The molecule has 1 aliphatic rings. The van der Waals surface area contributed by atoms with Gasteiger partial charge in [0.05, 0.1) is 12.5 Å². The summed E-state index contributed by atoms with van der Waals surface area (Å²) in [7, 11) is 0. The molecule has 1 heterocycles. The molecule has 0 bridgehead atoms. The van der Waals surface area contributed by atoms with Crippen molar-refractivity contribution in [2.24, 2.45) is 5.92 Å². The topological polar surface area (TPSA) is 42.1 Å². The second kappa shape index (κ2) is 4.48. The summed E-state index contributed by atoms with van der Waals surface area (Å²) < 4.78 is 5.14. The Morgan fingerprint density at radius 2 is 2.28 bits per heavy atom. The Morgan fingerprint density at radius 1 is 1.44 bits per heavy atom. The van der Waals surface area contributed by atoms with Crippen molar-refractivity contribution in [3.05, 3.63) is 35.5 Å². The fourth-order valence-electron chi connectivity index (χ4n) is 2.83. The molecule has 3 rings (SSSR count). The number of aromatic amines is 1. The highest BCUT2D eigenvalue weighted by Crippen LogP contribution is 2.32. The average molecular weight is 243 g/mol. The van der Waals surface area contributed by atoms with E-state index in [-0.39, 0.29) is 11.9 Å². The molecule has 0 spiro atoms. The van der Waals surface area contributed by atoms with E-state index in [2.05, 4.69) is 17.1 Å². The van der Waals surface area contributed by atoms with Gasteiger partial charge in [0.1, 0.15) is 0 Å². The second-order valence-corrected chi connectivity index (χ2v) is 4.82. The first-order chi connectivity index (χ1) is 8.79. The molecule has 1 unspecified atom stereocenters. The minimum Gasteiger partial charge on any atom is -0.466 e. The normalized spacial score (nSPS) is 18.6. The summed E-state index contributed by atoms with van der Waals surface area (Å²) in [6, 6.07) is 8.29. The van der Waals surface area contributed by atoms with Crippen molar-refractivity contribution >= 4 is 16.9 Å². The molecule has 1 atom stereocenters. The first-order valence-electron chi connectivity index (χ1n) is 6.54. The smallest absolute Gasteiger partial charge is 0.309 e. The Morgan fingerprint density at radius 3 is 3.11 bits per heavy atom. The van der Waals surface area contributed by atoms with E-state index in [0.717, 1.165) is 19.3 Å². The molecule has 0 radical (unpaired) electrons. The van der Waals surface area contributed by atoms with Crippen molar-refractivity contribution in [2.75, 3.05) is 6.61 Å². The summed E-state index contributed by atoms with van der Waals surface area (Å²) in [4.78, 5) is 15.3. The number of H-pyrrole nitrogens is 1. The maximum absolute atomic E-state index is 11.8. The molecule has 3 heteroatoms. The number of fused-ring (bicyclic) bond motifs is 3. The van der Waals surface area contributed by atoms with Gasteiger partial charge in [-0.05, 0) is 37.8 Å². The van der Waals surface area contributed by atoms with E-state index in [1.165, 1.54) is 22.2 Å². The molecule has 0 amide bonds. The van der Waals surface area contributed by atoms with Crippen LogP contribution in [0, 0.1) is 5.92 Å². The Balaban J connectivity index is 1.94. The average Bonchev–Trinajstić information content (AvgIpc) is 2.76. The van der Waals surface area contributed by atoms with E-state index in [0.29, 0.717) is 6.61 Å². The first kappa shape index (κ1) is 11.3. The van der Waals surface area contributed by atoms with Crippen LogP contribution >= 0.6 is 0 Å². The van der Waals surface area contributed by atoms with Crippen LogP contribution in [0.25, 0.3) is 10.9 Å². The molecule has 1 N–H and O–H groups in total. The largest absolute Gasteiger partial charge is 0.466 e. The highest BCUT2D eigenvalue weighted by Gasteiger charge is 2.27. The molecule has 0 fully saturated rings. The lowest BCUT2D eigenvalue weighted by Crippen LogP contribution is -2.24. The van der Waals surface area contributed by atoms with E-state index in [1.807, 2.05) is 19.1 Å². The van der Waals surface area contributed by atoms with Gasteiger partial charge < -0.3 is 9.72 Å². The summed E-state index contributed by atoms with van der Waals surface area (Å²) in [5.74, 6) is -0.0231. The number of esters is 1. The van der Waals surface area contributed by atoms with Gasteiger partial charge in [-0.1, -0.05) is 18.2 Å². The Labute approximate surface area is 106 Å². The van der Waals surface area contributed by atoms with Crippen LogP contribution in [0.5, 0.6) is 0 Å². The van der Waals surface area contributed by atoms with Crippen molar-refractivity contribution in [1.82, 2.24) is 4.98 Å². The standard InChI is InChI=1S/C15H17NO2/c1-2-18-15(17)10-7-8-14-12(9-10)11-5-3-4-6-13(11)16-14/h3-6,10,16H,2,7-9H2,1H3. The van der Waals surface area contributed by atoms with E-state index in [9.17, 15) is 4.79 Å². The van der Waals surface area contributed by atoms with Crippen LogP contribution in [0.1, 0.15) is 24.6 Å². The molecule has 94 valence electrons. The predicted molar refractivity (Wildman–Crippen MR) is 70.4 cm³/mol. The second-order valence-electron chi connectivity index (χ2n) is 4.82. The number of para-hydroxylation sites is 1. The molecule has 1 aromatic heterocycles. The molecule has 0 saturated heterocycles. The zero-order valence-electron chi connectivity index (χ0n) is 10.5. The maximum atomic E-state index is 11.8. The molecule has 2 aromatic rings. The first-order valence-corrected chi connectivity index (χ1v) is 6.54. The minimum atomic E-state index is -0.0477. The number of ether oxygens (including phenoxy) is 1. The number of hydrogen-bond acceptors (Lipinski definition) is 2. The van der Waals surface area contributed by atoms with Crippen molar-refractivity contribution < 1.29 is 9.53 Å². The van der Waals surface area contributed by atoms with Gasteiger partial charge >= 0.3 is 5.97 Å². The summed E-state index contributed by atoms with van der Waals surface area (Å²) in [5.41, 5.74) is 3.76. The third-order valence-electron chi connectivity index (χ3n) is 3.72. The lowest BCUT2D eigenvalue weighted by Gasteiger charge is -2.20. The molecule has 0 aliphatic heterocycles. The molecular weight excluding hydrogens is 226 g/mol. The maximum Gasteiger partial charge on any atom is 0.309 e. The Kier molecular flexibility index (Phi) is 2.82. The van der Waals surface area contributed by atoms with Crippen molar-refractivity contribution in [1.29, 1.82) is 0 Å².